The van der Waals surface area contributed by atoms with Crippen LogP contribution in [0.25, 0.3) is 0 Å². The molecule has 1 N–H and O–H groups in total. The molecule has 0 bridgehead atoms. The van der Waals surface area contributed by atoms with Crippen molar-refractivity contribution in [1.82, 2.24) is 9.62 Å². The molecule has 1 aliphatic heterocycles. The third-order valence-electron chi connectivity index (χ3n) is 4.54. The molecule has 2 aliphatic rings. The molecule has 1 aromatic carbocycles. The molecule has 1 heterocycles. The number of rotatable bonds is 6. The standard InChI is InChI=1S/C17H23N3O4S/c1-12-10-14(20-9-3-4-17(20)22)7-8-15(12)25(23,24)19(2)11-16(21)18-13-5-6-13/h7-8,10,13H,3-6,9,11H2,1-2H3,(H,18,21). The van der Waals surface area contributed by atoms with Gasteiger partial charge >= 0.3 is 0 Å². The number of amides is 2. The van der Waals surface area contributed by atoms with E-state index in [4.69, 9.17) is 0 Å². The average molecular weight is 365 g/mol. The summed E-state index contributed by atoms with van der Waals surface area (Å²) in [6, 6.07) is 5.08. The number of carbonyl (C=O) groups is 2. The molecular weight excluding hydrogens is 342 g/mol. The third-order valence-corrected chi connectivity index (χ3v) is 6.50. The molecule has 25 heavy (non-hydrogen) atoms. The zero-order valence-corrected chi connectivity index (χ0v) is 15.3. The molecule has 1 saturated carbocycles. The molecule has 1 aliphatic carbocycles. The third kappa shape index (κ3) is 3.85. The fraction of sp³-hybridized carbons (Fsp3) is 0.529. The minimum atomic E-state index is -3.76. The summed E-state index contributed by atoms with van der Waals surface area (Å²) in [6.07, 6.45) is 3.25. The first-order valence-electron chi connectivity index (χ1n) is 8.46. The Hall–Kier alpha value is -1.93. The zero-order valence-electron chi connectivity index (χ0n) is 14.5. The Morgan fingerprint density at radius 3 is 2.64 bits per heavy atom. The Morgan fingerprint density at radius 1 is 1.36 bits per heavy atom. The van der Waals surface area contributed by atoms with Gasteiger partial charge in [-0.25, -0.2) is 8.42 Å². The number of nitrogens with one attached hydrogen (secondary N) is 1. The summed E-state index contributed by atoms with van der Waals surface area (Å²) >= 11 is 0. The van der Waals surface area contributed by atoms with E-state index in [0.717, 1.165) is 23.6 Å². The van der Waals surface area contributed by atoms with Crippen molar-refractivity contribution in [3.05, 3.63) is 23.8 Å². The maximum absolute atomic E-state index is 12.8. The molecular formula is C17H23N3O4S. The Kier molecular flexibility index (Phi) is 4.83. The Morgan fingerprint density at radius 2 is 2.08 bits per heavy atom. The van der Waals surface area contributed by atoms with Gasteiger partial charge < -0.3 is 10.2 Å². The van der Waals surface area contributed by atoms with E-state index < -0.39 is 10.0 Å². The Balaban J connectivity index is 1.76. The van der Waals surface area contributed by atoms with E-state index in [-0.39, 0.29) is 29.3 Å². The topological polar surface area (TPSA) is 86.8 Å². The summed E-state index contributed by atoms with van der Waals surface area (Å²) in [5.41, 5.74) is 1.28. The predicted molar refractivity (Wildman–Crippen MR) is 93.7 cm³/mol. The van der Waals surface area contributed by atoms with Crippen LogP contribution < -0.4 is 10.2 Å². The molecule has 0 spiro atoms. The number of likely N-dealkylation sites (N-methyl/N-ethyl adjacent to an activating group) is 1. The first-order valence-corrected chi connectivity index (χ1v) is 9.90. The lowest BCUT2D eigenvalue weighted by molar-refractivity contribution is -0.121. The minimum absolute atomic E-state index is 0.0591. The van der Waals surface area contributed by atoms with Gasteiger partial charge in [-0.05, 0) is 49.9 Å². The second kappa shape index (κ2) is 6.76. The van der Waals surface area contributed by atoms with Crippen LogP contribution in [0.3, 0.4) is 0 Å². The van der Waals surface area contributed by atoms with Crippen LogP contribution in [0.15, 0.2) is 23.1 Å². The van der Waals surface area contributed by atoms with Gasteiger partial charge in [0.1, 0.15) is 0 Å². The van der Waals surface area contributed by atoms with E-state index >= 15 is 0 Å². The number of benzene rings is 1. The van der Waals surface area contributed by atoms with Gasteiger partial charge in [0.25, 0.3) is 0 Å². The highest BCUT2D eigenvalue weighted by Gasteiger charge is 2.29. The van der Waals surface area contributed by atoms with Gasteiger partial charge in [0.05, 0.1) is 11.4 Å². The van der Waals surface area contributed by atoms with Crippen molar-refractivity contribution in [2.45, 2.75) is 43.5 Å². The van der Waals surface area contributed by atoms with E-state index in [9.17, 15) is 18.0 Å². The molecule has 0 radical (unpaired) electrons. The maximum Gasteiger partial charge on any atom is 0.243 e. The van der Waals surface area contributed by atoms with E-state index in [1.807, 2.05) is 0 Å². The summed E-state index contributed by atoms with van der Waals surface area (Å²) in [5, 5.41) is 2.78. The molecule has 1 saturated heterocycles. The van der Waals surface area contributed by atoms with Crippen molar-refractivity contribution in [2.75, 3.05) is 25.0 Å². The van der Waals surface area contributed by atoms with Crippen LogP contribution >= 0.6 is 0 Å². The normalized spacial score (nSPS) is 18.0. The van der Waals surface area contributed by atoms with Crippen molar-refractivity contribution >= 4 is 27.5 Å². The van der Waals surface area contributed by atoms with Gasteiger partial charge in [-0.1, -0.05) is 0 Å². The molecule has 8 heteroatoms. The van der Waals surface area contributed by atoms with Crippen molar-refractivity contribution in [3.8, 4) is 0 Å². The van der Waals surface area contributed by atoms with E-state index in [1.54, 1.807) is 24.0 Å². The number of carbonyl (C=O) groups excluding carboxylic acids is 2. The smallest absolute Gasteiger partial charge is 0.243 e. The molecule has 1 aromatic rings. The monoisotopic (exact) mass is 365 g/mol. The van der Waals surface area contributed by atoms with E-state index in [1.165, 1.54) is 13.1 Å². The number of hydrogen-bond acceptors (Lipinski definition) is 4. The zero-order chi connectivity index (χ0) is 18.2. The molecule has 136 valence electrons. The Bertz CT molecular complexity index is 802. The number of anilines is 1. The van der Waals surface area contributed by atoms with Crippen LogP contribution in [0.5, 0.6) is 0 Å². The lowest BCUT2D eigenvalue weighted by Crippen LogP contribution is -2.39. The summed E-state index contributed by atoms with van der Waals surface area (Å²) < 4.78 is 26.6. The van der Waals surface area contributed by atoms with Crippen LogP contribution in [0, 0.1) is 6.92 Å². The van der Waals surface area contributed by atoms with Crippen molar-refractivity contribution in [1.29, 1.82) is 0 Å². The lowest BCUT2D eigenvalue weighted by Gasteiger charge is -2.20. The molecule has 7 nitrogen and oxygen atoms in total. The second-order valence-electron chi connectivity index (χ2n) is 6.70. The van der Waals surface area contributed by atoms with Gasteiger partial charge in [-0.2, -0.15) is 4.31 Å². The summed E-state index contributed by atoms with van der Waals surface area (Å²) in [4.78, 5) is 25.5. The quantitative estimate of drug-likeness (QED) is 0.815. The molecule has 0 atom stereocenters. The fourth-order valence-electron chi connectivity index (χ4n) is 2.97. The molecule has 2 amide bonds. The number of sulfonamides is 1. The molecule has 0 aromatic heterocycles. The fourth-order valence-corrected chi connectivity index (χ4v) is 4.30. The number of aryl methyl sites for hydroxylation is 1. The number of nitrogens with zero attached hydrogens (tertiary/aromatic N) is 2. The summed E-state index contributed by atoms with van der Waals surface area (Å²) in [7, 11) is -2.36. The second-order valence-corrected chi connectivity index (χ2v) is 8.71. The van der Waals surface area contributed by atoms with Crippen molar-refractivity contribution in [2.24, 2.45) is 0 Å². The maximum atomic E-state index is 12.8. The highest BCUT2D eigenvalue weighted by molar-refractivity contribution is 7.89. The molecule has 3 rings (SSSR count). The largest absolute Gasteiger partial charge is 0.352 e. The first kappa shape index (κ1) is 17.9. The van der Waals surface area contributed by atoms with Crippen LogP contribution in [0.1, 0.15) is 31.2 Å². The van der Waals surface area contributed by atoms with Crippen LogP contribution in [0.2, 0.25) is 0 Å². The van der Waals surface area contributed by atoms with Gasteiger partial charge in [-0.3, -0.25) is 9.59 Å². The van der Waals surface area contributed by atoms with Crippen LogP contribution in [0.4, 0.5) is 5.69 Å². The highest BCUT2D eigenvalue weighted by Crippen LogP contribution is 2.27. The highest BCUT2D eigenvalue weighted by atomic mass is 32.2. The van der Waals surface area contributed by atoms with Crippen molar-refractivity contribution < 1.29 is 18.0 Å². The Labute approximate surface area is 148 Å². The van der Waals surface area contributed by atoms with E-state index in [2.05, 4.69) is 5.32 Å². The van der Waals surface area contributed by atoms with Crippen LogP contribution in [-0.2, 0) is 19.6 Å². The van der Waals surface area contributed by atoms with Crippen LogP contribution in [-0.4, -0.2) is 50.7 Å². The average Bonchev–Trinajstić information content (AvgIpc) is 3.24. The summed E-state index contributed by atoms with van der Waals surface area (Å²) in [5.74, 6) is -0.227. The van der Waals surface area contributed by atoms with Crippen molar-refractivity contribution in [3.63, 3.8) is 0 Å². The minimum Gasteiger partial charge on any atom is -0.352 e. The number of hydrogen-bond donors (Lipinski definition) is 1. The van der Waals surface area contributed by atoms with Gasteiger partial charge in [0.2, 0.25) is 21.8 Å². The molecule has 0 unspecified atom stereocenters. The van der Waals surface area contributed by atoms with Gasteiger partial charge in [0, 0.05) is 31.7 Å². The molecule has 2 fully saturated rings. The predicted octanol–water partition coefficient (Wildman–Crippen LogP) is 1.02. The lowest BCUT2D eigenvalue weighted by atomic mass is 10.2. The van der Waals surface area contributed by atoms with Gasteiger partial charge in [0.15, 0.2) is 0 Å². The summed E-state index contributed by atoms with van der Waals surface area (Å²) in [6.45, 7) is 2.16. The van der Waals surface area contributed by atoms with E-state index in [0.29, 0.717) is 24.2 Å². The SMILES string of the molecule is Cc1cc(N2CCCC2=O)ccc1S(=O)(=O)N(C)CC(=O)NC1CC1. The van der Waals surface area contributed by atoms with Gasteiger partial charge in [-0.15, -0.1) is 0 Å². The first-order chi connectivity index (χ1) is 11.8.